The Morgan fingerprint density at radius 1 is 0.577 bits per heavy atom. The minimum atomic E-state index is -0.877. The standard InChI is InChI=1S/C22H44O4/c1-2-25-19-17-15-13-11-9-7-5-3-4-6-8-10-12-14-16-18-20-26-21-22(23)24/h2-21H2,1H3,(H,23,24). The molecule has 0 aliphatic rings. The highest BCUT2D eigenvalue weighted by atomic mass is 16.5. The van der Waals surface area contributed by atoms with Crippen LogP contribution in [0.5, 0.6) is 0 Å². The summed E-state index contributed by atoms with van der Waals surface area (Å²) in [5.74, 6) is -0.877. The zero-order valence-electron chi connectivity index (χ0n) is 17.3. The lowest BCUT2D eigenvalue weighted by Crippen LogP contribution is -2.07. The largest absolute Gasteiger partial charge is 0.480 e. The molecule has 0 aromatic rings. The number of hydrogen-bond donors (Lipinski definition) is 1. The van der Waals surface area contributed by atoms with Crippen LogP contribution in [0.25, 0.3) is 0 Å². The number of aliphatic carboxylic acids is 1. The van der Waals surface area contributed by atoms with E-state index in [1.165, 1.54) is 89.9 Å². The van der Waals surface area contributed by atoms with Gasteiger partial charge in [0.15, 0.2) is 0 Å². The first kappa shape index (κ1) is 25.4. The molecule has 0 aliphatic carbocycles. The molecule has 0 fully saturated rings. The number of ether oxygens (including phenoxy) is 2. The molecule has 156 valence electrons. The van der Waals surface area contributed by atoms with Gasteiger partial charge in [-0.05, 0) is 19.8 Å². The number of carboxylic acids is 1. The zero-order chi connectivity index (χ0) is 19.1. The van der Waals surface area contributed by atoms with Gasteiger partial charge < -0.3 is 14.6 Å². The minimum absolute atomic E-state index is 0.158. The van der Waals surface area contributed by atoms with Gasteiger partial charge in [-0.25, -0.2) is 4.79 Å². The van der Waals surface area contributed by atoms with Crippen LogP contribution in [0, 0.1) is 0 Å². The fourth-order valence-corrected chi connectivity index (χ4v) is 3.19. The minimum Gasteiger partial charge on any atom is -0.480 e. The molecule has 0 saturated carbocycles. The van der Waals surface area contributed by atoms with Crippen molar-refractivity contribution in [3.05, 3.63) is 0 Å². The van der Waals surface area contributed by atoms with Crippen LogP contribution in [0.1, 0.15) is 110 Å². The van der Waals surface area contributed by atoms with Crippen LogP contribution in [0.15, 0.2) is 0 Å². The molecule has 0 aromatic heterocycles. The fourth-order valence-electron chi connectivity index (χ4n) is 3.19. The molecule has 0 unspecified atom stereocenters. The Morgan fingerprint density at radius 2 is 0.885 bits per heavy atom. The predicted molar refractivity (Wildman–Crippen MR) is 109 cm³/mol. The predicted octanol–water partition coefficient (Wildman–Crippen LogP) is 6.37. The SMILES string of the molecule is CCOCCCCCCCCCCCCCCCCCCOCC(=O)O. The van der Waals surface area contributed by atoms with Gasteiger partial charge in [0.1, 0.15) is 6.61 Å². The van der Waals surface area contributed by atoms with Gasteiger partial charge in [-0.1, -0.05) is 89.9 Å². The van der Waals surface area contributed by atoms with Crippen LogP contribution in [0.4, 0.5) is 0 Å². The van der Waals surface area contributed by atoms with Crippen molar-refractivity contribution >= 4 is 5.97 Å². The Balaban J connectivity index is 2.98. The first-order valence-corrected chi connectivity index (χ1v) is 11.1. The third kappa shape index (κ3) is 23.4. The monoisotopic (exact) mass is 372 g/mol. The van der Waals surface area contributed by atoms with E-state index in [1.54, 1.807) is 0 Å². The lowest BCUT2D eigenvalue weighted by Gasteiger charge is -2.04. The van der Waals surface area contributed by atoms with E-state index in [0.717, 1.165) is 26.1 Å². The van der Waals surface area contributed by atoms with Crippen molar-refractivity contribution in [1.82, 2.24) is 0 Å². The van der Waals surface area contributed by atoms with E-state index in [-0.39, 0.29) is 6.61 Å². The van der Waals surface area contributed by atoms with E-state index in [1.807, 2.05) is 0 Å². The summed E-state index contributed by atoms with van der Waals surface area (Å²) < 4.78 is 10.4. The molecule has 1 N–H and O–H groups in total. The number of carbonyl (C=O) groups is 1. The van der Waals surface area contributed by atoms with Crippen molar-refractivity contribution < 1.29 is 19.4 Å². The molecule has 0 atom stereocenters. The third-order valence-electron chi connectivity index (χ3n) is 4.76. The van der Waals surface area contributed by atoms with E-state index in [0.29, 0.717) is 6.61 Å². The Bertz CT molecular complexity index is 281. The summed E-state index contributed by atoms with van der Waals surface area (Å²) in [7, 11) is 0. The van der Waals surface area contributed by atoms with Gasteiger partial charge in [-0.3, -0.25) is 0 Å². The molecule has 0 heterocycles. The second-order valence-corrected chi connectivity index (χ2v) is 7.30. The Labute approximate surface area is 162 Å². The summed E-state index contributed by atoms with van der Waals surface area (Å²) in [5, 5.41) is 8.44. The summed E-state index contributed by atoms with van der Waals surface area (Å²) in [5.41, 5.74) is 0. The van der Waals surface area contributed by atoms with Gasteiger partial charge in [-0.15, -0.1) is 0 Å². The molecule has 4 heteroatoms. The van der Waals surface area contributed by atoms with Crippen molar-refractivity contribution in [3.63, 3.8) is 0 Å². The van der Waals surface area contributed by atoms with Crippen LogP contribution in [0.3, 0.4) is 0 Å². The summed E-state index contributed by atoms with van der Waals surface area (Å²) in [6.45, 7) is 4.28. The second kappa shape index (κ2) is 22.4. The lowest BCUT2D eigenvalue weighted by atomic mass is 10.0. The summed E-state index contributed by atoms with van der Waals surface area (Å²) in [6.07, 6.45) is 21.2. The van der Waals surface area contributed by atoms with Crippen molar-refractivity contribution in [2.45, 2.75) is 110 Å². The molecule has 0 aliphatic heterocycles. The molecular formula is C22H44O4. The maximum atomic E-state index is 10.3. The highest BCUT2D eigenvalue weighted by molar-refractivity contribution is 5.67. The summed E-state index contributed by atoms with van der Waals surface area (Å²) >= 11 is 0. The Hall–Kier alpha value is -0.610. The molecule has 0 spiro atoms. The lowest BCUT2D eigenvalue weighted by molar-refractivity contribution is -0.142. The van der Waals surface area contributed by atoms with Crippen molar-refractivity contribution in [3.8, 4) is 0 Å². The number of hydrogen-bond acceptors (Lipinski definition) is 3. The molecule has 0 bridgehead atoms. The average molecular weight is 373 g/mol. The maximum Gasteiger partial charge on any atom is 0.329 e. The van der Waals surface area contributed by atoms with E-state index in [4.69, 9.17) is 14.6 Å². The third-order valence-corrected chi connectivity index (χ3v) is 4.76. The van der Waals surface area contributed by atoms with E-state index in [9.17, 15) is 4.79 Å². The van der Waals surface area contributed by atoms with Crippen molar-refractivity contribution in [1.29, 1.82) is 0 Å². The Kier molecular flexibility index (Phi) is 21.9. The number of rotatable bonds is 22. The quantitative estimate of drug-likeness (QED) is 0.224. The van der Waals surface area contributed by atoms with E-state index >= 15 is 0 Å². The summed E-state index contributed by atoms with van der Waals surface area (Å²) in [6, 6.07) is 0. The van der Waals surface area contributed by atoms with Gasteiger partial charge in [0.2, 0.25) is 0 Å². The maximum absolute atomic E-state index is 10.3. The second-order valence-electron chi connectivity index (χ2n) is 7.30. The zero-order valence-corrected chi connectivity index (χ0v) is 17.3. The van der Waals surface area contributed by atoms with E-state index in [2.05, 4.69) is 6.92 Å². The van der Waals surface area contributed by atoms with Crippen LogP contribution < -0.4 is 0 Å². The van der Waals surface area contributed by atoms with Gasteiger partial charge >= 0.3 is 5.97 Å². The van der Waals surface area contributed by atoms with Gasteiger partial charge in [0.05, 0.1) is 0 Å². The van der Waals surface area contributed by atoms with Crippen LogP contribution >= 0.6 is 0 Å². The first-order valence-electron chi connectivity index (χ1n) is 11.1. The Morgan fingerprint density at radius 3 is 1.19 bits per heavy atom. The molecule has 0 rings (SSSR count). The van der Waals surface area contributed by atoms with Gasteiger partial charge in [0.25, 0.3) is 0 Å². The van der Waals surface area contributed by atoms with Crippen LogP contribution in [-0.2, 0) is 14.3 Å². The molecule has 4 nitrogen and oxygen atoms in total. The molecular weight excluding hydrogens is 328 g/mol. The number of unbranched alkanes of at least 4 members (excludes halogenated alkanes) is 15. The molecule has 0 amide bonds. The van der Waals surface area contributed by atoms with Gasteiger partial charge in [0, 0.05) is 19.8 Å². The van der Waals surface area contributed by atoms with E-state index < -0.39 is 5.97 Å². The molecule has 0 radical (unpaired) electrons. The summed E-state index contributed by atoms with van der Waals surface area (Å²) in [4.78, 5) is 10.3. The highest BCUT2D eigenvalue weighted by Gasteiger charge is 1.97. The van der Waals surface area contributed by atoms with Crippen molar-refractivity contribution in [2.75, 3.05) is 26.4 Å². The normalized spacial score (nSPS) is 11.1. The van der Waals surface area contributed by atoms with Gasteiger partial charge in [-0.2, -0.15) is 0 Å². The molecule has 0 saturated heterocycles. The topological polar surface area (TPSA) is 55.8 Å². The average Bonchev–Trinajstić information content (AvgIpc) is 2.62. The van der Waals surface area contributed by atoms with Crippen molar-refractivity contribution in [2.24, 2.45) is 0 Å². The van der Waals surface area contributed by atoms with Crippen LogP contribution in [0.2, 0.25) is 0 Å². The highest BCUT2D eigenvalue weighted by Crippen LogP contribution is 2.13. The van der Waals surface area contributed by atoms with Crippen LogP contribution in [-0.4, -0.2) is 37.5 Å². The molecule has 26 heavy (non-hydrogen) atoms. The fraction of sp³-hybridized carbons (Fsp3) is 0.955. The first-order chi connectivity index (χ1) is 12.8. The number of carboxylic acid groups (broad SMARTS) is 1. The molecule has 0 aromatic carbocycles. The smallest absolute Gasteiger partial charge is 0.329 e.